The molecule has 0 amide bonds. The summed E-state index contributed by atoms with van der Waals surface area (Å²) >= 11 is 1.37. The van der Waals surface area contributed by atoms with Crippen LogP contribution in [0.4, 0.5) is 0 Å². The molecule has 56 valence electrons. The van der Waals surface area contributed by atoms with Crippen LogP contribution >= 0.6 is 0 Å². The molecule has 0 unspecified atom stereocenters. The van der Waals surface area contributed by atoms with Crippen molar-refractivity contribution in [1.82, 2.24) is 0 Å². The quantitative estimate of drug-likeness (QED) is 0.539. The second-order valence-corrected chi connectivity index (χ2v) is 7.91. The molecule has 0 aromatic rings. The van der Waals surface area contributed by atoms with Gasteiger partial charge in [0, 0.05) is 8.80 Å². The van der Waals surface area contributed by atoms with E-state index in [1.54, 1.807) is 0 Å². The van der Waals surface area contributed by atoms with Crippen molar-refractivity contribution in [2.24, 2.45) is 0 Å². The van der Waals surface area contributed by atoms with Gasteiger partial charge in [-0.05, 0) is 0 Å². The van der Waals surface area contributed by atoms with E-state index in [0.717, 1.165) is 4.75 Å². The molecule has 2 heteroatoms. The predicted molar refractivity (Wildman–Crippen MR) is 53.9 cm³/mol. The molecule has 2 radical (unpaired) electrons. The van der Waals surface area contributed by atoms with Crippen LogP contribution in [-0.4, -0.2) is 25.3 Å². The van der Waals surface area contributed by atoms with E-state index in [2.05, 4.69) is 43.9 Å². The van der Waals surface area contributed by atoms with Crippen LogP contribution in [0, 0.1) is 0 Å². The predicted octanol–water partition coefficient (Wildman–Crippen LogP) is 1.90. The SMILES string of the molecule is C[Si](C)C.[GeH2][CH]1C=CC=C1. The van der Waals surface area contributed by atoms with Crippen molar-refractivity contribution in [2.45, 2.75) is 24.4 Å². The Morgan fingerprint density at radius 1 is 1.10 bits per heavy atom. The summed E-state index contributed by atoms with van der Waals surface area (Å²) in [5.74, 6) is 0. The van der Waals surface area contributed by atoms with Gasteiger partial charge in [-0.1, -0.05) is 19.6 Å². The topological polar surface area (TPSA) is 0 Å². The molecule has 1 aliphatic carbocycles. The van der Waals surface area contributed by atoms with Gasteiger partial charge in [-0.15, -0.1) is 0 Å². The van der Waals surface area contributed by atoms with E-state index in [1.165, 1.54) is 16.5 Å². The number of allylic oxidation sites excluding steroid dienone is 4. The summed E-state index contributed by atoms with van der Waals surface area (Å²) < 4.78 is 0.810. The second kappa shape index (κ2) is 5.98. The first-order chi connectivity index (χ1) is 4.63. The van der Waals surface area contributed by atoms with Crippen LogP contribution in [0.3, 0.4) is 0 Å². The van der Waals surface area contributed by atoms with Gasteiger partial charge >= 0.3 is 45.6 Å². The summed E-state index contributed by atoms with van der Waals surface area (Å²) in [6, 6.07) is 0. The minimum absolute atomic E-state index is 0.120. The first-order valence-corrected chi connectivity index (χ1v) is 8.29. The second-order valence-electron chi connectivity index (χ2n) is 2.93. The maximum absolute atomic E-state index is 2.27. The van der Waals surface area contributed by atoms with Gasteiger partial charge in [0.1, 0.15) is 0 Å². The van der Waals surface area contributed by atoms with Crippen LogP contribution < -0.4 is 0 Å². The van der Waals surface area contributed by atoms with E-state index in [9.17, 15) is 0 Å². The zero-order valence-electron chi connectivity index (χ0n) is 7.09. The van der Waals surface area contributed by atoms with E-state index >= 15 is 0 Å². The average Bonchev–Trinajstić information content (AvgIpc) is 2.15. The Bertz CT molecular complexity index is 112. The van der Waals surface area contributed by atoms with Gasteiger partial charge in [0.15, 0.2) is 0 Å². The number of hydrogen-bond donors (Lipinski definition) is 0. The first kappa shape index (κ1) is 10.2. The van der Waals surface area contributed by atoms with Crippen molar-refractivity contribution < 1.29 is 0 Å². The van der Waals surface area contributed by atoms with Gasteiger partial charge in [0.05, 0.1) is 0 Å². The van der Waals surface area contributed by atoms with Crippen LogP contribution in [0.2, 0.25) is 24.4 Å². The molecule has 0 aromatic carbocycles. The zero-order valence-corrected chi connectivity index (χ0v) is 11.1. The molecule has 0 aromatic heterocycles. The Kier molecular flexibility index (Phi) is 6.13. The molecular weight excluding hydrogens is 197 g/mol. The Morgan fingerprint density at radius 3 is 1.50 bits per heavy atom. The van der Waals surface area contributed by atoms with Crippen molar-refractivity contribution in [3.05, 3.63) is 24.3 Å². The van der Waals surface area contributed by atoms with Gasteiger partial charge in [0.2, 0.25) is 0 Å². The molecule has 0 spiro atoms. The molecule has 1 rings (SSSR count). The molecule has 1 aliphatic rings. The molecule has 0 heterocycles. The summed E-state index contributed by atoms with van der Waals surface area (Å²) in [6.07, 6.45) is 8.66. The van der Waals surface area contributed by atoms with Gasteiger partial charge in [-0.25, -0.2) is 0 Å². The van der Waals surface area contributed by atoms with E-state index < -0.39 is 0 Å². The van der Waals surface area contributed by atoms with Crippen molar-refractivity contribution in [3.63, 3.8) is 0 Å². The van der Waals surface area contributed by atoms with Crippen LogP contribution in [-0.2, 0) is 0 Å². The fourth-order valence-electron chi connectivity index (χ4n) is 0.478. The van der Waals surface area contributed by atoms with Gasteiger partial charge in [0.25, 0.3) is 0 Å². The summed E-state index contributed by atoms with van der Waals surface area (Å²) in [5.41, 5.74) is 0. The molecule has 0 atom stereocenters. The molecule has 0 N–H and O–H groups in total. The fourth-order valence-corrected chi connectivity index (χ4v) is 1.14. The van der Waals surface area contributed by atoms with Crippen molar-refractivity contribution >= 4 is 25.3 Å². The van der Waals surface area contributed by atoms with E-state index in [4.69, 9.17) is 0 Å². The molecule has 0 saturated carbocycles. The molecule has 0 bridgehead atoms. The van der Waals surface area contributed by atoms with Crippen molar-refractivity contribution in [3.8, 4) is 0 Å². The Balaban J connectivity index is 0.000000180. The first-order valence-electron chi connectivity index (χ1n) is 3.57. The van der Waals surface area contributed by atoms with Crippen molar-refractivity contribution in [1.29, 1.82) is 0 Å². The Labute approximate surface area is 74.2 Å². The number of rotatable bonds is 0. The monoisotopic (exact) mass is 214 g/mol. The van der Waals surface area contributed by atoms with Gasteiger partial charge in [-0.3, -0.25) is 0 Å². The standard InChI is InChI=1S/C5H7Ge.C3H9Si/c6-5-3-1-2-4-5;1-4(2)3/h1-5H,6H2;1-3H3. The molecule has 0 nitrogen and oxygen atoms in total. The third-order valence-electron chi connectivity index (χ3n) is 0.828. The van der Waals surface area contributed by atoms with Crippen LogP contribution in [0.1, 0.15) is 0 Å². The average molecular weight is 213 g/mol. The molecule has 10 heavy (non-hydrogen) atoms. The minimum atomic E-state index is 0.120. The van der Waals surface area contributed by atoms with Crippen LogP contribution in [0.25, 0.3) is 0 Å². The third-order valence-corrected chi connectivity index (χ3v) is 1.97. The molecule has 0 saturated heterocycles. The molecular formula is C8H16GeSi. The Morgan fingerprint density at radius 2 is 1.40 bits per heavy atom. The third kappa shape index (κ3) is 8.24. The van der Waals surface area contributed by atoms with E-state index in [-0.39, 0.29) is 8.80 Å². The Hall–Kier alpha value is 0.240. The van der Waals surface area contributed by atoms with E-state index in [0.29, 0.717) is 0 Å². The van der Waals surface area contributed by atoms with E-state index in [1.807, 2.05) is 0 Å². The van der Waals surface area contributed by atoms with Gasteiger partial charge < -0.3 is 0 Å². The van der Waals surface area contributed by atoms with Gasteiger partial charge in [-0.2, -0.15) is 0 Å². The summed E-state index contributed by atoms with van der Waals surface area (Å²) in [6.45, 7) is 6.81. The zero-order chi connectivity index (χ0) is 7.98. The summed E-state index contributed by atoms with van der Waals surface area (Å²) in [5, 5.41) is 0. The normalized spacial score (nSPS) is 15.7. The fraction of sp³-hybridized carbons (Fsp3) is 0.500. The summed E-state index contributed by atoms with van der Waals surface area (Å²) in [7, 11) is 0.120. The van der Waals surface area contributed by atoms with Crippen LogP contribution in [0.15, 0.2) is 24.3 Å². The number of hydrogen-bond acceptors (Lipinski definition) is 0. The summed E-state index contributed by atoms with van der Waals surface area (Å²) in [4.78, 5) is 0. The van der Waals surface area contributed by atoms with Crippen molar-refractivity contribution in [2.75, 3.05) is 0 Å². The molecule has 0 fully saturated rings. The molecule has 0 aliphatic heterocycles. The maximum atomic E-state index is 2.27. The van der Waals surface area contributed by atoms with Crippen LogP contribution in [0.5, 0.6) is 0 Å².